The third-order valence-electron chi connectivity index (χ3n) is 20.3. The summed E-state index contributed by atoms with van der Waals surface area (Å²) in [5.41, 5.74) is 0. The van der Waals surface area contributed by atoms with E-state index >= 15 is 0 Å². The number of hydrogen-bond acceptors (Lipinski definition) is 5. The molecule has 0 fully saturated rings. The topological polar surface area (TPSA) is 95.9 Å². The van der Waals surface area contributed by atoms with Crippen molar-refractivity contribution < 1.29 is 24.5 Å². The average molecular weight is 1300 g/mol. The minimum absolute atomic E-state index is 0.0199. The SMILES string of the molecule is CCCCCCCCCCCCCCCCCCCCCCCCCCC(O)C(CO)NC(=O)CCCCCCCCCCCCCCCCCCC/C=C\C/C=C\CCCCCCCCCCCOC(=O)CCCCCCCCCCCCCCCCCCCC. The van der Waals surface area contributed by atoms with Gasteiger partial charge in [-0.15, -0.1) is 0 Å². The zero-order chi connectivity index (χ0) is 66.3. The first-order chi connectivity index (χ1) is 45.5. The van der Waals surface area contributed by atoms with Crippen molar-refractivity contribution in [2.75, 3.05) is 13.2 Å². The Hall–Kier alpha value is -1.66. The van der Waals surface area contributed by atoms with Crippen molar-refractivity contribution in [3.63, 3.8) is 0 Å². The number of nitrogens with one attached hydrogen (secondary N) is 1. The van der Waals surface area contributed by atoms with E-state index in [9.17, 15) is 19.8 Å². The minimum atomic E-state index is -0.665. The molecule has 0 saturated heterocycles. The molecule has 0 aliphatic carbocycles. The summed E-state index contributed by atoms with van der Waals surface area (Å²) in [5, 5.41) is 23.5. The van der Waals surface area contributed by atoms with E-state index in [0.717, 1.165) is 44.9 Å². The molecule has 0 radical (unpaired) electrons. The van der Waals surface area contributed by atoms with E-state index in [1.54, 1.807) is 0 Å². The molecule has 546 valence electrons. The van der Waals surface area contributed by atoms with Crippen molar-refractivity contribution in [3.05, 3.63) is 24.3 Å². The first kappa shape index (κ1) is 90.3. The van der Waals surface area contributed by atoms with Gasteiger partial charge in [-0.25, -0.2) is 0 Å². The van der Waals surface area contributed by atoms with E-state index in [1.165, 1.54) is 411 Å². The number of hydrogen-bond donors (Lipinski definition) is 3. The molecule has 0 aromatic heterocycles. The zero-order valence-corrected chi connectivity index (χ0v) is 62.8. The van der Waals surface area contributed by atoms with Crippen molar-refractivity contribution >= 4 is 11.9 Å². The second-order valence-electron chi connectivity index (χ2n) is 29.5. The van der Waals surface area contributed by atoms with Crippen LogP contribution in [0.3, 0.4) is 0 Å². The van der Waals surface area contributed by atoms with Crippen molar-refractivity contribution in [1.82, 2.24) is 5.32 Å². The van der Waals surface area contributed by atoms with Crippen LogP contribution < -0.4 is 5.32 Å². The average Bonchev–Trinajstić information content (AvgIpc) is 3.77. The Kier molecular flexibility index (Phi) is 80.3. The third kappa shape index (κ3) is 77.3. The van der Waals surface area contributed by atoms with Crippen molar-refractivity contribution in [2.24, 2.45) is 0 Å². The van der Waals surface area contributed by atoms with Gasteiger partial charge in [0.25, 0.3) is 0 Å². The molecular formula is C86H167NO5. The highest BCUT2D eigenvalue weighted by atomic mass is 16.5. The Morgan fingerprint density at radius 1 is 0.304 bits per heavy atom. The highest BCUT2D eigenvalue weighted by molar-refractivity contribution is 5.76. The van der Waals surface area contributed by atoms with Gasteiger partial charge in [-0.3, -0.25) is 9.59 Å². The molecular weight excluding hydrogens is 1130 g/mol. The molecule has 2 unspecified atom stereocenters. The summed E-state index contributed by atoms with van der Waals surface area (Å²) >= 11 is 0. The highest BCUT2D eigenvalue weighted by Crippen LogP contribution is 2.21. The van der Waals surface area contributed by atoms with E-state index in [4.69, 9.17) is 4.74 Å². The van der Waals surface area contributed by atoms with Crippen LogP contribution in [0.15, 0.2) is 24.3 Å². The molecule has 6 heteroatoms. The molecule has 0 spiro atoms. The van der Waals surface area contributed by atoms with Gasteiger partial charge in [0.15, 0.2) is 0 Å². The lowest BCUT2D eigenvalue weighted by atomic mass is 10.0. The van der Waals surface area contributed by atoms with Crippen LogP contribution in [0.25, 0.3) is 0 Å². The van der Waals surface area contributed by atoms with Gasteiger partial charge in [-0.05, 0) is 57.8 Å². The van der Waals surface area contributed by atoms with Crippen molar-refractivity contribution in [2.45, 2.75) is 501 Å². The first-order valence-electron chi connectivity index (χ1n) is 42.6. The predicted octanol–water partition coefficient (Wildman–Crippen LogP) is 28.4. The number of allylic oxidation sites excluding steroid dienone is 4. The summed E-state index contributed by atoms with van der Waals surface area (Å²) < 4.78 is 5.52. The first-order valence-corrected chi connectivity index (χ1v) is 42.6. The number of carbonyl (C=O) groups excluding carboxylic acids is 2. The van der Waals surface area contributed by atoms with Gasteiger partial charge in [-0.1, -0.05) is 443 Å². The lowest BCUT2D eigenvalue weighted by Gasteiger charge is -2.22. The van der Waals surface area contributed by atoms with E-state index in [1.807, 2.05) is 0 Å². The fraction of sp³-hybridized carbons (Fsp3) is 0.930. The smallest absolute Gasteiger partial charge is 0.305 e. The molecule has 0 saturated carbocycles. The van der Waals surface area contributed by atoms with Crippen LogP contribution in [0.1, 0.15) is 489 Å². The maximum absolute atomic E-state index is 12.6. The maximum atomic E-state index is 12.6. The quantitative estimate of drug-likeness (QED) is 0.0320. The number of carbonyl (C=O) groups is 2. The third-order valence-corrected chi connectivity index (χ3v) is 20.3. The van der Waals surface area contributed by atoms with E-state index in [-0.39, 0.29) is 18.5 Å². The summed E-state index contributed by atoms with van der Waals surface area (Å²) in [6, 6.07) is -0.542. The Labute approximate surface area is 577 Å². The predicted molar refractivity (Wildman–Crippen MR) is 407 cm³/mol. The second-order valence-corrected chi connectivity index (χ2v) is 29.5. The van der Waals surface area contributed by atoms with Crippen LogP contribution in [-0.4, -0.2) is 47.4 Å². The zero-order valence-electron chi connectivity index (χ0n) is 62.8. The largest absolute Gasteiger partial charge is 0.466 e. The van der Waals surface area contributed by atoms with Gasteiger partial charge in [0.1, 0.15) is 0 Å². The van der Waals surface area contributed by atoms with Gasteiger partial charge in [-0.2, -0.15) is 0 Å². The summed E-state index contributed by atoms with van der Waals surface area (Å²) in [5.74, 6) is -0.00703. The van der Waals surface area contributed by atoms with Gasteiger partial charge >= 0.3 is 5.97 Å². The molecule has 0 heterocycles. The molecule has 0 rings (SSSR count). The Bertz CT molecular complexity index is 1450. The lowest BCUT2D eigenvalue weighted by molar-refractivity contribution is -0.143. The van der Waals surface area contributed by atoms with Gasteiger partial charge in [0.2, 0.25) is 5.91 Å². The number of rotatable bonds is 81. The number of esters is 1. The molecule has 0 bridgehead atoms. The van der Waals surface area contributed by atoms with E-state index in [2.05, 4.69) is 43.5 Å². The van der Waals surface area contributed by atoms with Gasteiger partial charge in [0, 0.05) is 12.8 Å². The van der Waals surface area contributed by atoms with E-state index in [0.29, 0.717) is 25.9 Å². The van der Waals surface area contributed by atoms with Gasteiger partial charge in [0.05, 0.1) is 25.4 Å². The molecule has 0 aliphatic rings. The molecule has 2 atom stereocenters. The summed E-state index contributed by atoms with van der Waals surface area (Å²) in [7, 11) is 0. The summed E-state index contributed by atoms with van der Waals surface area (Å²) in [6.07, 6.45) is 106. The molecule has 0 aromatic rings. The summed E-state index contributed by atoms with van der Waals surface area (Å²) in [4.78, 5) is 24.7. The molecule has 3 N–H and O–H groups in total. The van der Waals surface area contributed by atoms with Crippen LogP contribution in [0, 0.1) is 0 Å². The standard InChI is InChI=1S/C86H167NO5/c1-3-5-7-9-11-13-15-17-19-21-23-24-25-37-40-43-46-50-54-58-62-66-70-74-78-84(89)83(82-88)87-85(90)79-75-71-67-63-59-55-51-47-44-41-38-35-33-31-29-27-26-28-30-32-34-36-39-42-45-49-53-57-61-65-69-73-77-81-92-86(91)80-76-72-68-64-60-56-52-48-22-20-18-16-14-12-10-8-6-4-2/h30,32,36,39,83-84,88-89H,3-29,31,33-35,37-38,40-82H2,1-2H3,(H,87,90)/b32-30-,39-36-. The van der Waals surface area contributed by atoms with Crippen LogP contribution in [0.2, 0.25) is 0 Å². The molecule has 0 aliphatic heterocycles. The number of ether oxygens (including phenoxy) is 1. The fourth-order valence-corrected chi connectivity index (χ4v) is 13.8. The summed E-state index contributed by atoms with van der Waals surface area (Å²) in [6.45, 7) is 5.02. The maximum Gasteiger partial charge on any atom is 0.305 e. The monoisotopic (exact) mass is 1290 g/mol. The number of amides is 1. The fourth-order valence-electron chi connectivity index (χ4n) is 13.8. The molecule has 92 heavy (non-hydrogen) atoms. The molecule has 6 nitrogen and oxygen atoms in total. The lowest BCUT2D eigenvalue weighted by Crippen LogP contribution is -2.45. The van der Waals surface area contributed by atoms with Crippen LogP contribution in [0.5, 0.6) is 0 Å². The Morgan fingerprint density at radius 3 is 0.826 bits per heavy atom. The molecule has 0 aromatic carbocycles. The second kappa shape index (κ2) is 81.8. The van der Waals surface area contributed by atoms with Crippen LogP contribution >= 0.6 is 0 Å². The van der Waals surface area contributed by atoms with Crippen molar-refractivity contribution in [1.29, 1.82) is 0 Å². The number of unbranched alkanes of at least 4 members (excludes halogenated alkanes) is 66. The normalized spacial score (nSPS) is 12.5. The number of aliphatic hydroxyl groups is 2. The van der Waals surface area contributed by atoms with Gasteiger partial charge < -0.3 is 20.3 Å². The molecule has 1 amide bonds. The van der Waals surface area contributed by atoms with E-state index < -0.39 is 12.1 Å². The van der Waals surface area contributed by atoms with Crippen LogP contribution in [-0.2, 0) is 14.3 Å². The minimum Gasteiger partial charge on any atom is -0.466 e. The Balaban J connectivity index is 3.36. The highest BCUT2D eigenvalue weighted by Gasteiger charge is 2.20. The van der Waals surface area contributed by atoms with Crippen LogP contribution in [0.4, 0.5) is 0 Å². The van der Waals surface area contributed by atoms with Crippen molar-refractivity contribution in [3.8, 4) is 0 Å². The Morgan fingerprint density at radius 2 is 0.543 bits per heavy atom. The number of aliphatic hydroxyl groups excluding tert-OH is 2.